The average Bonchev–Trinajstić information content (AvgIpc) is 2.39. The van der Waals surface area contributed by atoms with Crippen LogP contribution in [0.15, 0.2) is 24.5 Å². The van der Waals surface area contributed by atoms with E-state index in [0.29, 0.717) is 12.3 Å². The second-order valence-corrected chi connectivity index (χ2v) is 6.75. The first-order valence-electron chi connectivity index (χ1n) is 7.33. The van der Waals surface area contributed by atoms with Gasteiger partial charge in [0, 0.05) is 51.5 Å². The first-order chi connectivity index (χ1) is 9.44. The van der Waals surface area contributed by atoms with Crippen LogP contribution in [0.25, 0.3) is 0 Å². The Balaban J connectivity index is 1.79. The Kier molecular flexibility index (Phi) is 4.76. The zero-order valence-corrected chi connectivity index (χ0v) is 12.8. The van der Waals surface area contributed by atoms with E-state index < -0.39 is 0 Å². The van der Waals surface area contributed by atoms with Gasteiger partial charge in [-0.2, -0.15) is 0 Å². The Morgan fingerprint density at radius 1 is 1.15 bits per heavy atom. The monoisotopic (exact) mass is 275 g/mol. The largest absolute Gasteiger partial charge is 0.340 e. The summed E-state index contributed by atoms with van der Waals surface area (Å²) in [5.74, 6) is 0.293. The number of pyridine rings is 1. The molecule has 4 nitrogen and oxygen atoms in total. The maximum Gasteiger partial charge on any atom is 0.223 e. The minimum atomic E-state index is 0.0747. The summed E-state index contributed by atoms with van der Waals surface area (Å²) < 4.78 is 0. The summed E-state index contributed by atoms with van der Waals surface area (Å²) in [4.78, 5) is 20.6. The molecule has 4 heteroatoms. The van der Waals surface area contributed by atoms with Gasteiger partial charge in [0.15, 0.2) is 0 Å². The van der Waals surface area contributed by atoms with Crippen LogP contribution in [0.2, 0.25) is 0 Å². The number of piperazine rings is 1. The van der Waals surface area contributed by atoms with Gasteiger partial charge in [-0.3, -0.25) is 14.7 Å². The average molecular weight is 275 g/mol. The van der Waals surface area contributed by atoms with Gasteiger partial charge < -0.3 is 4.90 Å². The molecule has 1 aliphatic rings. The van der Waals surface area contributed by atoms with Crippen LogP contribution in [0.3, 0.4) is 0 Å². The first-order valence-corrected chi connectivity index (χ1v) is 7.33. The molecule has 0 unspecified atom stereocenters. The van der Waals surface area contributed by atoms with Gasteiger partial charge in [-0.15, -0.1) is 0 Å². The highest BCUT2D eigenvalue weighted by Gasteiger charge is 2.24. The van der Waals surface area contributed by atoms with Crippen LogP contribution in [0.1, 0.15) is 32.8 Å². The fourth-order valence-corrected chi connectivity index (χ4v) is 2.47. The lowest BCUT2D eigenvalue weighted by Gasteiger charge is -2.36. The van der Waals surface area contributed by atoms with E-state index in [1.165, 1.54) is 5.56 Å². The van der Waals surface area contributed by atoms with Gasteiger partial charge >= 0.3 is 0 Å². The number of carbonyl (C=O) groups is 1. The molecule has 1 saturated heterocycles. The molecule has 2 heterocycles. The fraction of sp³-hybridized carbons (Fsp3) is 0.625. The predicted octanol–water partition coefficient (Wildman–Crippen LogP) is 2.16. The lowest BCUT2D eigenvalue weighted by molar-refractivity contribution is -0.134. The second kappa shape index (κ2) is 6.35. The van der Waals surface area contributed by atoms with Crippen LogP contribution in [0.4, 0.5) is 0 Å². The molecule has 1 fully saturated rings. The van der Waals surface area contributed by atoms with Crippen molar-refractivity contribution in [2.24, 2.45) is 5.41 Å². The SMILES string of the molecule is CC(C)(C)CC(=O)N1CCN(Cc2ccncc2)CC1. The molecule has 0 aliphatic carbocycles. The summed E-state index contributed by atoms with van der Waals surface area (Å²) in [6, 6.07) is 4.11. The molecular formula is C16H25N3O. The van der Waals surface area contributed by atoms with Crippen molar-refractivity contribution in [2.45, 2.75) is 33.7 Å². The van der Waals surface area contributed by atoms with Crippen LogP contribution < -0.4 is 0 Å². The summed E-state index contributed by atoms with van der Waals surface area (Å²) in [7, 11) is 0. The maximum absolute atomic E-state index is 12.2. The normalized spacial score (nSPS) is 17.2. The van der Waals surface area contributed by atoms with E-state index in [1.807, 2.05) is 17.3 Å². The van der Waals surface area contributed by atoms with Gasteiger partial charge in [0.05, 0.1) is 0 Å². The van der Waals surface area contributed by atoms with Crippen molar-refractivity contribution < 1.29 is 4.79 Å². The zero-order valence-electron chi connectivity index (χ0n) is 12.8. The van der Waals surface area contributed by atoms with Crippen LogP contribution in [0.5, 0.6) is 0 Å². The molecule has 2 rings (SSSR count). The van der Waals surface area contributed by atoms with E-state index in [2.05, 4.69) is 42.8 Å². The Morgan fingerprint density at radius 2 is 1.75 bits per heavy atom. The van der Waals surface area contributed by atoms with Crippen LogP contribution in [-0.2, 0) is 11.3 Å². The summed E-state index contributed by atoms with van der Waals surface area (Å²) in [5, 5.41) is 0. The number of carbonyl (C=O) groups excluding carboxylic acids is 1. The molecule has 0 aromatic carbocycles. The van der Waals surface area contributed by atoms with Crippen molar-refractivity contribution in [3.05, 3.63) is 30.1 Å². The minimum Gasteiger partial charge on any atom is -0.340 e. The van der Waals surface area contributed by atoms with Crippen molar-refractivity contribution in [2.75, 3.05) is 26.2 Å². The summed E-state index contributed by atoms with van der Waals surface area (Å²) in [5.41, 5.74) is 1.36. The van der Waals surface area contributed by atoms with E-state index in [1.54, 1.807) is 0 Å². The molecule has 0 radical (unpaired) electrons. The molecular weight excluding hydrogens is 250 g/mol. The van der Waals surface area contributed by atoms with E-state index in [4.69, 9.17) is 0 Å². The Hall–Kier alpha value is -1.42. The van der Waals surface area contributed by atoms with Crippen molar-refractivity contribution in [3.8, 4) is 0 Å². The van der Waals surface area contributed by atoms with Crippen LogP contribution in [-0.4, -0.2) is 46.9 Å². The van der Waals surface area contributed by atoms with Gasteiger partial charge in [0.25, 0.3) is 0 Å². The van der Waals surface area contributed by atoms with Gasteiger partial charge in [0.2, 0.25) is 5.91 Å². The van der Waals surface area contributed by atoms with Crippen molar-refractivity contribution in [1.82, 2.24) is 14.8 Å². The van der Waals surface area contributed by atoms with E-state index in [-0.39, 0.29) is 5.41 Å². The third kappa shape index (κ3) is 4.60. The van der Waals surface area contributed by atoms with E-state index in [9.17, 15) is 4.79 Å². The summed E-state index contributed by atoms with van der Waals surface area (Å²) >= 11 is 0. The summed E-state index contributed by atoms with van der Waals surface area (Å²) in [6.45, 7) is 10.9. The lowest BCUT2D eigenvalue weighted by atomic mass is 9.91. The number of hydrogen-bond donors (Lipinski definition) is 0. The van der Waals surface area contributed by atoms with Crippen LogP contribution in [0, 0.1) is 5.41 Å². The van der Waals surface area contributed by atoms with Gasteiger partial charge in [-0.05, 0) is 23.1 Å². The minimum absolute atomic E-state index is 0.0747. The topological polar surface area (TPSA) is 36.4 Å². The van der Waals surface area contributed by atoms with E-state index in [0.717, 1.165) is 32.7 Å². The zero-order chi connectivity index (χ0) is 14.6. The Bertz CT molecular complexity index is 431. The summed E-state index contributed by atoms with van der Waals surface area (Å²) in [6.07, 6.45) is 4.30. The molecule has 1 amide bonds. The highest BCUT2D eigenvalue weighted by atomic mass is 16.2. The standard InChI is InChI=1S/C16H25N3O/c1-16(2,3)12-15(20)19-10-8-18(9-11-19)13-14-4-6-17-7-5-14/h4-7H,8-13H2,1-3H3. The third-order valence-corrected chi connectivity index (χ3v) is 3.56. The maximum atomic E-state index is 12.2. The van der Waals surface area contributed by atoms with Gasteiger partial charge in [0.1, 0.15) is 0 Å². The van der Waals surface area contributed by atoms with Crippen molar-refractivity contribution >= 4 is 5.91 Å². The molecule has 20 heavy (non-hydrogen) atoms. The van der Waals surface area contributed by atoms with Crippen LogP contribution >= 0.6 is 0 Å². The number of rotatable bonds is 3. The number of amides is 1. The van der Waals surface area contributed by atoms with Crippen molar-refractivity contribution in [1.29, 1.82) is 0 Å². The Labute approximate surface area is 121 Å². The smallest absolute Gasteiger partial charge is 0.223 e. The molecule has 0 atom stereocenters. The molecule has 0 saturated carbocycles. The first kappa shape index (κ1) is 15.0. The highest BCUT2D eigenvalue weighted by molar-refractivity contribution is 5.76. The Morgan fingerprint density at radius 3 is 2.30 bits per heavy atom. The van der Waals surface area contributed by atoms with Gasteiger partial charge in [-0.25, -0.2) is 0 Å². The fourth-order valence-electron chi connectivity index (χ4n) is 2.47. The number of hydrogen-bond acceptors (Lipinski definition) is 3. The highest BCUT2D eigenvalue weighted by Crippen LogP contribution is 2.20. The number of nitrogens with zero attached hydrogens (tertiary/aromatic N) is 3. The van der Waals surface area contributed by atoms with E-state index >= 15 is 0 Å². The molecule has 1 aliphatic heterocycles. The van der Waals surface area contributed by atoms with Gasteiger partial charge in [-0.1, -0.05) is 20.8 Å². The molecule has 0 N–H and O–H groups in total. The lowest BCUT2D eigenvalue weighted by Crippen LogP contribution is -2.48. The molecule has 0 spiro atoms. The number of aromatic nitrogens is 1. The molecule has 1 aromatic rings. The quantitative estimate of drug-likeness (QED) is 0.848. The second-order valence-electron chi connectivity index (χ2n) is 6.75. The molecule has 0 bridgehead atoms. The predicted molar refractivity (Wildman–Crippen MR) is 80.2 cm³/mol. The third-order valence-electron chi connectivity index (χ3n) is 3.56. The molecule has 1 aromatic heterocycles. The van der Waals surface area contributed by atoms with Crippen molar-refractivity contribution in [3.63, 3.8) is 0 Å². The molecule has 110 valence electrons.